The van der Waals surface area contributed by atoms with Gasteiger partial charge in [-0.3, -0.25) is 9.59 Å². The number of likely N-dealkylation sites (tertiary alicyclic amines) is 1. The second-order valence-electron chi connectivity index (χ2n) is 8.81. The molecule has 1 atom stereocenters. The van der Waals surface area contributed by atoms with Crippen LogP contribution in [0.3, 0.4) is 0 Å². The van der Waals surface area contributed by atoms with E-state index in [9.17, 15) is 14.7 Å². The minimum absolute atomic E-state index is 0.0284. The van der Waals surface area contributed by atoms with Gasteiger partial charge in [0.25, 0.3) is 5.91 Å². The van der Waals surface area contributed by atoms with E-state index in [1.54, 1.807) is 17.0 Å². The summed E-state index contributed by atoms with van der Waals surface area (Å²) in [6.07, 6.45) is 1.39. The van der Waals surface area contributed by atoms with E-state index in [1.807, 2.05) is 42.5 Å². The van der Waals surface area contributed by atoms with Crippen LogP contribution in [0.5, 0.6) is 5.75 Å². The Bertz CT molecular complexity index is 1110. The van der Waals surface area contributed by atoms with Crippen molar-refractivity contribution in [1.82, 2.24) is 10.2 Å². The maximum Gasteiger partial charge on any atom is 0.258 e. The average molecular weight is 417 g/mol. The molecule has 0 aliphatic carbocycles. The number of amides is 2. The minimum atomic E-state index is -0.523. The van der Waals surface area contributed by atoms with E-state index >= 15 is 0 Å². The van der Waals surface area contributed by atoms with Gasteiger partial charge in [-0.15, -0.1) is 0 Å². The Hall–Kier alpha value is -3.34. The van der Waals surface area contributed by atoms with Gasteiger partial charge in [-0.2, -0.15) is 0 Å². The van der Waals surface area contributed by atoms with Crippen molar-refractivity contribution in [1.29, 1.82) is 0 Å². The number of nitrogens with zero attached hydrogens (tertiary/aromatic N) is 1. The van der Waals surface area contributed by atoms with Crippen LogP contribution in [0, 0.1) is 0 Å². The first-order valence-electron chi connectivity index (χ1n) is 10.7. The van der Waals surface area contributed by atoms with Gasteiger partial charge < -0.3 is 15.3 Å². The van der Waals surface area contributed by atoms with Crippen LogP contribution >= 0.6 is 0 Å². The molecule has 1 aliphatic heterocycles. The number of carbonyl (C=O) groups excluding carboxylic acids is 2. The molecular formula is C26H28N2O3. The van der Waals surface area contributed by atoms with Crippen LogP contribution in [0.4, 0.5) is 0 Å². The Morgan fingerprint density at radius 1 is 1.03 bits per heavy atom. The topological polar surface area (TPSA) is 69.6 Å². The van der Waals surface area contributed by atoms with E-state index in [1.165, 1.54) is 0 Å². The summed E-state index contributed by atoms with van der Waals surface area (Å²) < 4.78 is 0. The van der Waals surface area contributed by atoms with Crippen LogP contribution in [0.25, 0.3) is 10.8 Å². The van der Waals surface area contributed by atoms with Gasteiger partial charge in [0.05, 0.1) is 5.56 Å². The maximum atomic E-state index is 13.2. The zero-order chi connectivity index (χ0) is 22.0. The van der Waals surface area contributed by atoms with Crippen LogP contribution in [-0.2, 0) is 10.2 Å². The number of carbonyl (C=O) groups is 2. The first-order valence-corrected chi connectivity index (χ1v) is 10.7. The molecule has 5 nitrogen and oxygen atoms in total. The fourth-order valence-corrected chi connectivity index (χ4v) is 4.28. The molecule has 0 saturated carbocycles. The summed E-state index contributed by atoms with van der Waals surface area (Å²) in [6.45, 7) is 5.17. The second kappa shape index (κ2) is 8.42. The number of hydrogen-bond acceptors (Lipinski definition) is 3. The van der Waals surface area contributed by atoms with Crippen LogP contribution < -0.4 is 5.32 Å². The lowest BCUT2D eigenvalue weighted by Gasteiger charge is -2.29. The molecule has 0 radical (unpaired) electrons. The lowest BCUT2D eigenvalue weighted by Crippen LogP contribution is -2.48. The molecule has 0 spiro atoms. The molecule has 4 rings (SSSR count). The fourth-order valence-electron chi connectivity index (χ4n) is 4.28. The summed E-state index contributed by atoms with van der Waals surface area (Å²) >= 11 is 0. The Morgan fingerprint density at radius 3 is 2.52 bits per heavy atom. The molecule has 5 heteroatoms. The first-order chi connectivity index (χ1) is 14.9. The summed E-state index contributed by atoms with van der Waals surface area (Å²) in [5.74, 6) is -0.474. The third-order valence-corrected chi connectivity index (χ3v) is 6.21. The summed E-state index contributed by atoms with van der Waals surface area (Å²) in [7, 11) is 0. The molecule has 2 amide bonds. The van der Waals surface area contributed by atoms with Gasteiger partial charge >= 0.3 is 0 Å². The molecule has 0 bridgehead atoms. The van der Waals surface area contributed by atoms with Crippen molar-refractivity contribution in [3.63, 3.8) is 0 Å². The Labute approximate surface area is 182 Å². The fraction of sp³-hybridized carbons (Fsp3) is 0.308. The van der Waals surface area contributed by atoms with E-state index < -0.39 is 6.04 Å². The largest absolute Gasteiger partial charge is 0.506 e. The van der Waals surface area contributed by atoms with E-state index in [2.05, 4.69) is 31.3 Å². The highest BCUT2D eigenvalue weighted by atomic mass is 16.3. The second-order valence-corrected chi connectivity index (χ2v) is 8.81. The van der Waals surface area contributed by atoms with Crippen molar-refractivity contribution in [2.75, 3.05) is 13.1 Å². The van der Waals surface area contributed by atoms with Crippen molar-refractivity contribution in [3.05, 3.63) is 77.9 Å². The molecule has 3 aromatic carbocycles. The van der Waals surface area contributed by atoms with Crippen LogP contribution in [-0.4, -0.2) is 41.0 Å². The predicted molar refractivity (Wildman–Crippen MR) is 122 cm³/mol. The van der Waals surface area contributed by atoms with Crippen molar-refractivity contribution < 1.29 is 14.7 Å². The van der Waals surface area contributed by atoms with E-state index in [-0.39, 0.29) is 28.5 Å². The van der Waals surface area contributed by atoms with E-state index in [4.69, 9.17) is 0 Å². The number of phenolic OH excluding ortho intramolecular Hbond substituents is 1. The number of hydrogen-bond donors (Lipinski definition) is 2. The SMILES string of the molecule is CC(C)(CNC(=O)[C@@H]1CCCN1C(=O)c1ccc2ccccc2c1O)c1ccccc1. The molecule has 1 saturated heterocycles. The molecule has 1 fully saturated rings. The highest BCUT2D eigenvalue weighted by molar-refractivity contribution is 6.05. The highest BCUT2D eigenvalue weighted by Gasteiger charge is 2.36. The Balaban J connectivity index is 1.49. The Morgan fingerprint density at radius 2 is 1.74 bits per heavy atom. The smallest absolute Gasteiger partial charge is 0.258 e. The molecule has 160 valence electrons. The maximum absolute atomic E-state index is 13.2. The van der Waals surface area contributed by atoms with Gasteiger partial charge in [0.1, 0.15) is 11.8 Å². The molecule has 3 aromatic rings. The van der Waals surface area contributed by atoms with Gasteiger partial charge in [-0.05, 0) is 29.9 Å². The minimum Gasteiger partial charge on any atom is -0.506 e. The molecular weight excluding hydrogens is 388 g/mol. The molecule has 0 unspecified atom stereocenters. The number of aromatic hydroxyl groups is 1. The zero-order valence-electron chi connectivity index (χ0n) is 18.0. The van der Waals surface area contributed by atoms with Crippen LogP contribution in [0.2, 0.25) is 0 Å². The predicted octanol–water partition coefficient (Wildman–Crippen LogP) is 4.24. The van der Waals surface area contributed by atoms with Crippen molar-refractivity contribution in [2.24, 2.45) is 0 Å². The number of benzene rings is 3. The van der Waals surface area contributed by atoms with Crippen molar-refractivity contribution in [3.8, 4) is 5.75 Å². The lowest BCUT2D eigenvalue weighted by atomic mass is 9.84. The molecule has 0 aromatic heterocycles. The number of nitrogens with one attached hydrogen (secondary N) is 1. The van der Waals surface area contributed by atoms with Gasteiger partial charge in [0, 0.05) is 23.9 Å². The van der Waals surface area contributed by atoms with Crippen molar-refractivity contribution >= 4 is 22.6 Å². The van der Waals surface area contributed by atoms with Crippen LogP contribution in [0.15, 0.2) is 66.7 Å². The zero-order valence-corrected chi connectivity index (χ0v) is 18.0. The van der Waals surface area contributed by atoms with Crippen molar-refractivity contribution in [2.45, 2.75) is 38.1 Å². The molecule has 2 N–H and O–H groups in total. The number of fused-ring (bicyclic) bond motifs is 1. The van der Waals surface area contributed by atoms with Gasteiger partial charge in [-0.25, -0.2) is 0 Å². The molecule has 1 aliphatic rings. The standard InChI is InChI=1S/C26H28N2O3/c1-26(2,19-10-4-3-5-11-19)17-27-24(30)22-13-8-16-28(22)25(31)21-15-14-18-9-6-7-12-20(18)23(21)29/h3-7,9-12,14-15,22,29H,8,13,16-17H2,1-2H3,(H,27,30)/t22-/m0/s1. The van der Waals surface area contributed by atoms with Crippen LogP contribution in [0.1, 0.15) is 42.6 Å². The monoisotopic (exact) mass is 416 g/mol. The van der Waals surface area contributed by atoms with E-state index in [0.717, 1.165) is 17.4 Å². The molecule has 31 heavy (non-hydrogen) atoms. The quantitative estimate of drug-likeness (QED) is 0.653. The third kappa shape index (κ3) is 4.13. The number of phenols is 1. The average Bonchev–Trinajstić information content (AvgIpc) is 3.28. The van der Waals surface area contributed by atoms with Gasteiger partial charge in [0.15, 0.2) is 0 Å². The number of rotatable bonds is 5. The first kappa shape index (κ1) is 20.9. The van der Waals surface area contributed by atoms with E-state index in [0.29, 0.717) is 24.9 Å². The van der Waals surface area contributed by atoms with Gasteiger partial charge in [-0.1, -0.05) is 74.5 Å². The summed E-state index contributed by atoms with van der Waals surface area (Å²) in [5.41, 5.74) is 1.17. The highest BCUT2D eigenvalue weighted by Crippen LogP contribution is 2.31. The summed E-state index contributed by atoms with van der Waals surface area (Å²) in [4.78, 5) is 27.8. The Kier molecular flexibility index (Phi) is 5.68. The lowest BCUT2D eigenvalue weighted by molar-refractivity contribution is -0.125. The molecule has 1 heterocycles. The summed E-state index contributed by atoms with van der Waals surface area (Å²) in [5, 5.41) is 15.2. The summed E-state index contributed by atoms with van der Waals surface area (Å²) in [6, 6.07) is 20.4. The van der Waals surface area contributed by atoms with Gasteiger partial charge in [0.2, 0.25) is 5.91 Å². The normalized spacial score (nSPS) is 16.5. The third-order valence-electron chi connectivity index (χ3n) is 6.21.